The third kappa shape index (κ3) is 5.87. The average Bonchev–Trinajstić information content (AvgIpc) is 3.11. The van der Waals surface area contributed by atoms with Gasteiger partial charge in [0.05, 0.1) is 29.7 Å². The van der Waals surface area contributed by atoms with E-state index in [2.05, 4.69) is 15.0 Å². The van der Waals surface area contributed by atoms with Crippen LogP contribution in [0.4, 0.5) is 17.6 Å². The van der Waals surface area contributed by atoms with Gasteiger partial charge in [0.15, 0.2) is 0 Å². The predicted molar refractivity (Wildman–Crippen MR) is 113 cm³/mol. The van der Waals surface area contributed by atoms with Crippen LogP contribution in [0.5, 0.6) is 0 Å². The second kappa shape index (κ2) is 10.2. The van der Waals surface area contributed by atoms with Crippen molar-refractivity contribution in [3.63, 3.8) is 0 Å². The fraction of sp³-hybridized carbons (Fsp3) is 0.364. The molecule has 1 fully saturated rings. The number of carbonyl (C=O) groups excluding carboxylic acids is 1. The van der Waals surface area contributed by atoms with Crippen LogP contribution in [0.1, 0.15) is 34.6 Å². The van der Waals surface area contributed by atoms with Crippen LogP contribution in [0.3, 0.4) is 0 Å². The Labute approximate surface area is 191 Å². The standard InChI is InChI=1S/C20H21FN4O2.C2HF3O2/c1-3-27-20(26)17-9-22-24(2)19(17)14-10-25(11-14)12-16-6-4-13-8-15(21)5-7-18(13)23-16;3-2(4,5)1(6)7/h4-9,14H,3,10-12H2,1-2H3;(H,6,7). The molecule has 182 valence electrons. The highest BCUT2D eigenvalue weighted by Gasteiger charge is 2.38. The molecule has 0 spiro atoms. The summed E-state index contributed by atoms with van der Waals surface area (Å²) in [5.41, 5.74) is 3.21. The first-order valence-corrected chi connectivity index (χ1v) is 10.3. The summed E-state index contributed by atoms with van der Waals surface area (Å²) in [5, 5.41) is 12.2. The number of pyridine rings is 1. The number of nitrogens with zero attached hydrogens (tertiary/aromatic N) is 4. The first-order valence-electron chi connectivity index (χ1n) is 10.3. The predicted octanol–water partition coefficient (Wildman–Crippen LogP) is 3.52. The fourth-order valence-electron chi connectivity index (χ4n) is 3.62. The van der Waals surface area contributed by atoms with Gasteiger partial charge < -0.3 is 9.84 Å². The Morgan fingerprint density at radius 3 is 2.50 bits per heavy atom. The van der Waals surface area contributed by atoms with Crippen LogP contribution in [0.2, 0.25) is 0 Å². The van der Waals surface area contributed by atoms with E-state index in [0.29, 0.717) is 12.2 Å². The number of aromatic nitrogens is 3. The number of benzene rings is 1. The average molecular weight is 482 g/mol. The number of hydrogen-bond donors (Lipinski definition) is 1. The van der Waals surface area contributed by atoms with Crippen molar-refractivity contribution in [3.8, 4) is 0 Å². The Kier molecular flexibility index (Phi) is 7.50. The van der Waals surface area contributed by atoms with Gasteiger partial charge in [-0.1, -0.05) is 6.07 Å². The van der Waals surface area contributed by atoms with E-state index in [1.54, 1.807) is 23.9 Å². The molecule has 3 aromatic rings. The van der Waals surface area contributed by atoms with Crippen LogP contribution in [0, 0.1) is 5.82 Å². The molecule has 4 rings (SSSR count). The molecule has 0 atom stereocenters. The highest BCUT2D eigenvalue weighted by Crippen LogP contribution is 2.30. The summed E-state index contributed by atoms with van der Waals surface area (Å²) < 4.78 is 51.9. The molecule has 0 aliphatic carbocycles. The zero-order valence-electron chi connectivity index (χ0n) is 18.3. The molecule has 2 aromatic heterocycles. The number of carbonyl (C=O) groups is 2. The van der Waals surface area contributed by atoms with Crippen LogP contribution >= 0.6 is 0 Å². The summed E-state index contributed by atoms with van der Waals surface area (Å²) in [6.07, 6.45) is -3.50. The van der Waals surface area contributed by atoms with Crippen molar-refractivity contribution in [2.75, 3.05) is 19.7 Å². The van der Waals surface area contributed by atoms with Gasteiger partial charge in [-0.05, 0) is 31.2 Å². The number of ether oxygens (including phenoxy) is 1. The largest absolute Gasteiger partial charge is 0.490 e. The molecule has 0 radical (unpaired) electrons. The van der Waals surface area contributed by atoms with Crippen molar-refractivity contribution in [1.29, 1.82) is 0 Å². The number of likely N-dealkylation sites (tertiary alicyclic amines) is 1. The summed E-state index contributed by atoms with van der Waals surface area (Å²) in [5.74, 6) is -3.09. The van der Waals surface area contributed by atoms with Gasteiger partial charge >= 0.3 is 18.1 Å². The van der Waals surface area contributed by atoms with E-state index < -0.39 is 12.1 Å². The second-order valence-electron chi connectivity index (χ2n) is 7.62. The molecule has 0 unspecified atom stereocenters. The second-order valence-corrected chi connectivity index (χ2v) is 7.62. The van der Waals surface area contributed by atoms with Gasteiger partial charge in [-0.3, -0.25) is 14.6 Å². The van der Waals surface area contributed by atoms with Crippen molar-refractivity contribution in [3.05, 3.63) is 59.3 Å². The fourth-order valence-corrected chi connectivity index (χ4v) is 3.62. The van der Waals surface area contributed by atoms with Crippen molar-refractivity contribution >= 4 is 22.8 Å². The van der Waals surface area contributed by atoms with Gasteiger partial charge in [-0.15, -0.1) is 0 Å². The number of aryl methyl sites for hydroxylation is 1. The van der Waals surface area contributed by atoms with Gasteiger partial charge in [-0.2, -0.15) is 18.3 Å². The van der Waals surface area contributed by atoms with Crippen LogP contribution in [-0.2, 0) is 23.1 Å². The monoisotopic (exact) mass is 482 g/mol. The summed E-state index contributed by atoms with van der Waals surface area (Å²) >= 11 is 0. The topological polar surface area (TPSA) is 97.5 Å². The number of esters is 1. The molecule has 1 N–H and O–H groups in total. The molecule has 1 aliphatic heterocycles. The first-order chi connectivity index (χ1) is 16.0. The van der Waals surface area contributed by atoms with Gasteiger partial charge in [0.2, 0.25) is 0 Å². The highest BCUT2D eigenvalue weighted by molar-refractivity contribution is 5.90. The molecule has 0 saturated carbocycles. The smallest absolute Gasteiger partial charge is 0.475 e. The molecule has 1 aliphatic rings. The third-order valence-electron chi connectivity index (χ3n) is 5.16. The Balaban J connectivity index is 0.000000406. The lowest BCUT2D eigenvalue weighted by Gasteiger charge is -2.39. The minimum Gasteiger partial charge on any atom is -0.475 e. The van der Waals surface area contributed by atoms with Crippen molar-refractivity contribution < 1.29 is 37.0 Å². The van der Waals surface area contributed by atoms with Crippen LogP contribution < -0.4 is 0 Å². The lowest BCUT2D eigenvalue weighted by Crippen LogP contribution is -2.45. The van der Waals surface area contributed by atoms with Gasteiger partial charge in [0.1, 0.15) is 11.4 Å². The maximum absolute atomic E-state index is 13.3. The number of carboxylic acids is 1. The molecule has 0 amide bonds. The molecule has 1 saturated heterocycles. The molecular formula is C22H22F4N4O4. The van der Waals surface area contributed by atoms with Gasteiger partial charge in [-0.25, -0.2) is 14.0 Å². The zero-order chi connectivity index (χ0) is 25.0. The molecule has 8 nitrogen and oxygen atoms in total. The van der Waals surface area contributed by atoms with Gasteiger partial charge in [0, 0.05) is 38.0 Å². The maximum Gasteiger partial charge on any atom is 0.490 e. The zero-order valence-corrected chi connectivity index (χ0v) is 18.3. The number of alkyl halides is 3. The Morgan fingerprint density at radius 1 is 1.21 bits per heavy atom. The Hall–Kier alpha value is -3.54. The van der Waals surface area contributed by atoms with Crippen LogP contribution in [0.15, 0.2) is 36.5 Å². The van der Waals surface area contributed by atoms with E-state index in [-0.39, 0.29) is 17.7 Å². The minimum absolute atomic E-state index is 0.242. The van der Waals surface area contributed by atoms with Crippen LogP contribution in [0.25, 0.3) is 10.9 Å². The number of aliphatic carboxylic acids is 1. The van der Waals surface area contributed by atoms with E-state index in [1.807, 2.05) is 19.2 Å². The van der Waals surface area contributed by atoms with E-state index in [1.165, 1.54) is 12.1 Å². The Morgan fingerprint density at radius 2 is 1.88 bits per heavy atom. The third-order valence-corrected chi connectivity index (χ3v) is 5.16. The van der Waals surface area contributed by atoms with Crippen molar-refractivity contribution in [2.24, 2.45) is 7.05 Å². The van der Waals surface area contributed by atoms with Crippen LogP contribution in [-0.4, -0.2) is 62.6 Å². The molecule has 34 heavy (non-hydrogen) atoms. The molecular weight excluding hydrogens is 460 g/mol. The normalized spacial score (nSPS) is 14.3. The number of rotatable bonds is 5. The van der Waals surface area contributed by atoms with E-state index >= 15 is 0 Å². The lowest BCUT2D eigenvalue weighted by molar-refractivity contribution is -0.192. The minimum atomic E-state index is -5.08. The summed E-state index contributed by atoms with van der Waals surface area (Å²) in [6, 6.07) is 8.46. The first kappa shape index (κ1) is 25.1. The quantitative estimate of drug-likeness (QED) is 0.439. The molecule has 1 aromatic carbocycles. The van der Waals surface area contributed by atoms with Crippen molar-refractivity contribution in [2.45, 2.75) is 25.6 Å². The number of halogens is 4. The highest BCUT2D eigenvalue weighted by atomic mass is 19.4. The number of fused-ring (bicyclic) bond motifs is 1. The van der Waals surface area contributed by atoms with E-state index in [9.17, 15) is 22.4 Å². The summed E-state index contributed by atoms with van der Waals surface area (Å²) in [4.78, 5) is 27.9. The van der Waals surface area contributed by atoms with E-state index in [4.69, 9.17) is 14.6 Å². The maximum atomic E-state index is 13.3. The number of carboxylic acid groups (broad SMARTS) is 1. The van der Waals surface area contributed by atoms with E-state index in [0.717, 1.165) is 41.9 Å². The molecule has 12 heteroatoms. The lowest BCUT2D eigenvalue weighted by atomic mass is 9.93. The molecule has 0 bridgehead atoms. The van der Waals surface area contributed by atoms with Crippen molar-refractivity contribution in [1.82, 2.24) is 19.7 Å². The Bertz CT molecular complexity index is 1190. The van der Waals surface area contributed by atoms with Gasteiger partial charge in [0.25, 0.3) is 0 Å². The SMILES string of the molecule is CCOC(=O)c1cnn(C)c1C1CN(Cc2ccc3cc(F)ccc3n2)C1.O=C(O)C(F)(F)F. The number of hydrogen-bond acceptors (Lipinski definition) is 6. The summed E-state index contributed by atoms with van der Waals surface area (Å²) in [7, 11) is 1.85. The summed E-state index contributed by atoms with van der Waals surface area (Å²) in [6.45, 7) is 4.52. The molecule has 3 heterocycles.